The molecule has 0 aliphatic carbocycles. The minimum atomic E-state index is 0.694. The summed E-state index contributed by atoms with van der Waals surface area (Å²) in [4.78, 5) is 0. The van der Waals surface area contributed by atoms with Gasteiger partial charge in [0.2, 0.25) is 0 Å². The fraction of sp³-hybridized carbons (Fsp3) is 0.824. The Labute approximate surface area is 130 Å². The van der Waals surface area contributed by atoms with E-state index in [4.69, 9.17) is 9.84 Å². The molecule has 1 aromatic rings. The third-order valence-corrected chi connectivity index (χ3v) is 3.97. The zero-order valence-electron chi connectivity index (χ0n) is 14.5. The van der Waals surface area contributed by atoms with Crippen molar-refractivity contribution in [3.63, 3.8) is 0 Å². The van der Waals surface area contributed by atoms with E-state index < -0.39 is 0 Å². The molecule has 0 spiro atoms. The molecular formula is C17H33N3O. The van der Waals surface area contributed by atoms with Gasteiger partial charge in [-0.1, -0.05) is 34.1 Å². The molecule has 1 N–H and O–H groups in total. The molecule has 0 saturated carbocycles. The quantitative estimate of drug-likeness (QED) is 0.637. The molecule has 0 amide bonds. The maximum atomic E-state index is 5.09. The summed E-state index contributed by atoms with van der Waals surface area (Å²) in [5, 5.41) is 8.33. The van der Waals surface area contributed by atoms with Crippen LogP contribution in [0.15, 0.2) is 0 Å². The number of aromatic nitrogens is 2. The molecule has 0 radical (unpaired) electrons. The van der Waals surface area contributed by atoms with Gasteiger partial charge >= 0.3 is 0 Å². The molecule has 1 atom stereocenters. The lowest BCUT2D eigenvalue weighted by atomic mass is 10.1. The third kappa shape index (κ3) is 5.44. The molecule has 4 heteroatoms. The van der Waals surface area contributed by atoms with E-state index in [-0.39, 0.29) is 0 Å². The molecule has 0 saturated heterocycles. The first-order valence-corrected chi connectivity index (χ1v) is 8.44. The fourth-order valence-corrected chi connectivity index (χ4v) is 2.89. The van der Waals surface area contributed by atoms with Crippen LogP contribution in [0.2, 0.25) is 0 Å². The van der Waals surface area contributed by atoms with Crippen LogP contribution in [0.3, 0.4) is 0 Å². The lowest BCUT2D eigenvalue weighted by Gasteiger charge is -2.13. The van der Waals surface area contributed by atoms with Crippen LogP contribution >= 0.6 is 0 Å². The Bertz CT molecular complexity index is 401. The molecule has 0 fully saturated rings. The Morgan fingerprint density at radius 2 is 2.00 bits per heavy atom. The van der Waals surface area contributed by atoms with Crippen molar-refractivity contribution in [3.8, 4) is 0 Å². The van der Waals surface area contributed by atoms with Crippen LogP contribution in [-0.4, -0.2) is 30.0 Å². The number of methoxy groups -OCH3 is 1. The van der Waals surface area contributed by atoms with Gasteiger partial charge in [-0.15, -0.1) is 0 Å². The standard InChI is InChI=1S/C17H33N3O/c1-6-9-14(4)13-20-17(8-3)15(16(7-2)19-20)12-18-10-11-21-5/h14,18H,6-13H2,1-5H3. The van der Waals surface area contributed by atoms with Crippen molar-refractivity contribution in [2.24, 2.45) is 5.92 Å². The highest BCUT2D eigenvalue weighted by molar-refractivity contribution is 5.26. The lowest BCUT2D eigenvalue weighted by molar-refractivity contribution is 0.199. The van der Waals surface area contributed by atoms with E-state index in [0.717, 1.165) is 39.1 Å². The molecule has 1 unspecified atom stereocenters. The highest BCUT2D eigenvalue weighted by Crippen LogP contribution is 2.19. The first-order valence-electron chi connectivity index (χ1n) is 8.44. The van der Waals surface area contributed by atoms with E-state index in [1.165, 1.54) is 29.8 Å². The normalized spacial score (nSPS) is 12.8. The zero-order chi connectivity index (χ0) is 15.7. The van der Waals surface area contributed by atoms with Gasteiger partial charge < -0.3 is 10.1 Å². The number of ether oxygens (including phenoxy) is 1. The van der Waals surface area contributed by atoms with Crippen molar-refractivity contribution in [2.75, 3.05) is 20.3 Å². The van der Waals surface area contributed by atoms with Crippen molar-refractivity contribution in [1.29, 1.82) is 0 Å². The number of nitrogens with zero attached hydrogens (tertiary/aromatic N) is 2. The monoisotopic (exact) mass is 295 g/mol. The van der Waals surface area contributed by atoms with Crippen molar-refractivity contribution >= 4 is 0 Å². The lowest BCUT2D eigenvalue weighted by Crippen LogP contribution is -2.20. The minimum Gasteiger partial charge on any atom is -0.383 e. The second-order valence-corrected chi connectivity index (χ2v) is 5.82. The maximum Gasteiger partial charge on any atom is 0.0669 e. The van der Waals surface area contributed by atoms with E-state index in [1.807, 2.05) is 0 Å². The molecule has 1 rings (SSSR count). The van der Waals surface area contributed by atoms with Crippen molar-refractivity contribution in [2.45, 2.75) is 66.5 Å². The van der Waals surface area contributed by atoms with Crippen LogP contribution < -0.4 is 5.32 Å². The number of rotatable bonds is 11. The van der Waals surface area contributed by atoms with Gasteiger partial charge in [0.05, 0.1) is 12.3 Å². The predicted octanol–water partition coefficient (Wildman–Crippen LogP) is 3.18. The van der Waals surface area contributed by atoms with Crippen LogP contribution in [0.1, 0.15) is 57.5 Å². The van der Waals surface area contributed by atoms with E-state index in [2.05, 4.69) is 37.7 Å². The second kappa shape index (κ2) is 9.96. The van der Waals surface area contributed by atoms with Gasteiger partial charge in [0.1, 0.15) is 0 Å². The third-order valence-electron chi connectivity index (χ3n) is 3.97. The molecule has 122 valence electrons. The topological polar surface area (TPSA) is 39.1 Å². The van der Waals surface area contributed by atoms with Crippen molar-refractivity contribution < 1.29 is 4.74 Å². The molecule has 0 aromatic carbocycles. The van der Waals surface area contributed by atoms with Crippen LogP contribution in [0, 0.1) is 5.92 Å². The van der Waals surface area contributed by atoms with Gasteiger partial charge in [0, 0.05) is 38.0 Å². The Hall–Kier alpha value is -0.870. The van der Waals surface area contributed by atoms with E-state index in [1.54, 1.807) is 7.11 Å². The summed E-state index contributed by atoms with van der Waals surface area (Å²) in [5.74, 6) is 0.694. The Balaban J connectivity index is 2.82. The average Bonchev–Trinajstić information content (AvgIpc) is 2.80. The summed E-state index contributed by atoms with van der Waals surface area (Å²) in [6.07, 6.45) is 4.57. The predicted molar refractivity (Wildman–Crippen MR) is 88.6 cm³/mol. The summed E-state index contributed by atoms with van der Waals surface area (Å²) in [7, 11) is 1.74. The highest BCUT2D eigenvalue weighted by Gasteiger charge is 2.16. The highest BCUT2D eigenvalue weighted by atomic mass is 16.5. The van der Waals surface area contributed by atoms with Gasteiger partial charge in [-0.25, -0.2) is 0 Å². The van der Waals surface area contributed by atoms with Crippen molar-refractivity contribution in [3.05, 3.63) is 17.0 Å². The van der Waals surface area contributed by atoms with Gasteiger partial charge in [0.15, 0.2) is 0 Å². The Kier molecular flexibility index (Phi) is 8.62. The average molecular weight is 295 g/mol. The minimum absolute atomic E-state index is 0.694. The molecule has 1 aromatic heterocycles. The molecule has 0 aliphatic rings. The summed E-state index contributed by atoms with van der Waals surface area (Å²) in [5.41, 5.74) is 4.06. The zero-order valence-corrected chi connectivity index (χ0v) is 14.5. The summed E-state index contributed by atoms with van der Waals surface area (Å²) >= 11 is 0. The SMILES string of the molecule is CCCC(C)Cn1nc(CC)c(CNCCOC)c1CC. The summed E-state index contributed by atoms with van der Waals surface area (Å²) in [6.45, 7) is 12.6. The Morgan fingerprint density at radius 3 is 2.57 bits per heavy atom. The number of hydrogen-bond acceptors (Lipinski definition) is 3. The fourth-order valence-electron chi connectivity index (χ4n) is 2.89. The van der Waals surface area contributed by atoms with Crippen LogP contribution in [0.4, 0.5) is 0 Å². The van der Waals surface area contributed by atoms with Crippen molar-refractivity contribution in [1.82, 2.24) is 15.1 Å². The Morgan fingerprint density at radius 1 is 1.24 bits per heavy atom. The molecule has 0 aliphatic heterocycles. The summed E-state index contributed by atoms with van der Waals surface area (Å²) in [6, 6.07) is 0. The van der Waals surface area contributed by atoms with E-state index in [9.17, 15) is 0 Å². The first-order chi connectivity index (χ1) is 10.2. The molecule has 21 heavy (non-hydrogen) atoms. The molecule has 4 nitrogen and oxygen atoms in total. The first kappa shape index (κ1) is 18.2. The number of nitrogens with one attached hydrogen (secondary N) is 1. The second-order valence-electron chi connectivity index (χ2n) is 5.82. The van der Waals surface area contributed by atoms with Crippen LogP contribution in [-0.2, 0) is 30.7 Å². The van der Waals surface area contributed by atoms with E-state index in [0.29, 0.717) is 5.92 Å². The van der Waals surface area contributed by atoms with Gasteiger partial charge in [-0.05, 0) is 25.2 Å². The van der Waals surface area contributed by atoms with Gasteiger partial charge in [0.25, 0.3) is 0 Å². The van der Waals surface area contributed by atoms with Crippen LogP contribution in [0.25, 0.3) is 0 Å². The number of aryl methyl sites for hydroxylation is 1. The van der Waals surface area contributed by atoms with Gasteiger partial charge in [-0.3, -0.25) is 4.68 Å². The molecule has 0 bridgehead atoms. The van der Waals surface area contributed by atoms with Gasteiger partial charge in [-0.2, -0.15) is 5.10 Å². The maximum absolute atomic E-state index is 5.09. The van der Waals surface area contributed by atoms with E-state index >= 15 is 0 Å². The molecule has 1 heterocycles. The number of hydrogen-bond donors (Lipinski definition) is 1. The smallest absolute Gasteiger partial charge is 0.0669 e. The molecular weight excluding hydrogens is 262 g/mol. The van der Waals surface area contributed by atoms with Crippen LogP contribution in [0.5, 0.6) is 0 Å². The largest absolute Gasteiger partial charge is 0.383 e. The summed E-state index contributed by atoms with van der Waals surface area (Å²) < 4.78 is 7.35.